The van der Waals surface area contributed by atoms with Gasteiger partial charge in [-0.2, -0.15) is 0 Å². The van der Waals surface area contributed by atoms with E-state index in [1.54, 1.807) is 0 Å². The number of piperidine rings is 1. The molecule has 1 heterocycles. The minimum Gasteiger partial charge on any atom is -0.481 e. The molecule has 0 radical (unpaired) electrons. The number of rotatable bonds is 1. The molecule has 2 N–H and O–H groups in total. The Labute approximate surface area is 70.6 Å². The number of carboxylic acid groups (broad SMARTS) is 1. The third kappa shape index (κ3) is 2.66. The van der Waals surface area contributed by atoms with Gasteiger partial charge in [0.25, 0.3) is 0 Å². The topological polar surface area (TPSA) is 49.3 Å². The molecule has 10 heavy (non-hydrogen) atoms. The van der Waals surface area contributed by atoms with Crippen LogP contribution in [-0.2, 0) is 4.79 Å². The molecular weight excluding hydrogens is 198 g/mol. The van der Waals surface area contributed by atoms with Gasteiger partial charge in [0, 0.05) is 0 Å². The first-order chi connectivity index (χ1) is 4.30. The Morgan fingerprint density at radius 2 is 1.90 bits per heavy atom. The van der Waals surface area contributed by atoms with E-state index in [4.69, 9.17) is 5.11 Å². The maximum absolute atomic E-state index is 10.3. The summed E-state index contributed by atoms with van der Waals surface area (Å²) in [7, 11) is 0. The van der Waals surface area contributed by atoms with Crippen LogP contribution in [0.1, 0.15) is 12.8 Å². The first-order valence-corrected chi connectivity index (χ1v) is 3.24. The third-order valence-corrected chi connectivity index (χ3v) is 1.69. The third-order valence-electron chi connectivity index (χ3n) is 1.69. The van der Waals surface area contributed by atoms with Gasteiger partial charge in [-0.1, -0.05) is 0 Å². The molecule has 0 aliphatic carbocycles. The summed E-state index contributed by atoms with van der Waals surface area (Å²) in [4.78, 5) is 10.3. The largest absolute Gasteiger partial charge is 0.481 e. The van der Waals surface area contributed by atoms with Gasteiger partial charge in [-0.3, -0.25) is 4.79 Å². The maximum Gasteiger partial charge on any atom is 0.306 e. The lowest BCUT2D eigenvalue weighted by molar-refractivity contribution is -0.142. The van der Waals surface area contributed by atoms with Crippen molar-refractivity contribution < 1.29 is 9.90 Å². The minimum atomic E-state index is -0.642. The molecule has 1 saturated heterocycles. The highest BCUT2D eigenvalue weighted by Crippen LogP contribution is 2.10. The molecule has 0 spiro atoms. The number of carbonyl (C=O) groups is 1. The lowest BCUT2D eigenvalue weighted by Gasteiger charge is -2.17. The Balaban J connectivity index is 0.000000810. The maximum atomic E-state index is 10.3. The van der Waals surface area contributed by atoms with Crippen LogP contribution >= 0.6 is 17.0 Å². The molecule has 0 atom stereocenters. The van der Waals surface area contributed by atoms with E-state index in [1.165, 1.54) is 0 Å². The fourth-order valence-corrected chi connectivity index (χ4v) is 1.07. The number of halogens is 1. The number of hydrogen-bond donors (Lipinski definition) is 2. The van der Waals surface area contributed by atoms with Crippen LogP contribution in [-0.4, -0.2) is 24.2 Å². The summed E-state index contributed by atoms with van der Waals surface area (Å²) in [6, 6.07) is 0. The standard InChI is InChI=1S/C6H11NO2.BrH/c8-6(9)5-1-3-7-4-2-5;/h5,7H,1-4H2,(H,8,9);1H. The van der Waals surface area contributed by atoms with Crippen molar-refractivity contribution in [2.75, 3.05) is 13.1 Å². The zero-order valence-corrected chi connectivity index (χ0v) is 7.38. The molecule has 0 saturated carbocycles. The van der Waals surface area contributed by atoms with Crippen LogP contribution < -0.4 is 5.32 Å². The molecule has 0 amide bonds. The Bertz CT molecular complexity index is 112. The van der Waals surface area contributed by atoms with Crippen LogP contribution in [0.15, 0.2) is 0 Å². The lowest BCUT2D eigenvalue weighted by atomic mass is 9.99. The molecule has 1 aliphatic heterocycles. The van der Waals surface area contributed by atoms with Crippen LogP contribution in [0.5, 0.6) is 0 Å². The number of nitrogens with one attached hydrogen (secondary N) is 1. The van der Waals surface area contributed by atoms with E-state index in [0.717, 1.165) is 25.9 Å². The van der Waals surface area contributed by atoms with Crippen LogP contribution in [0.25, 0.3) is 0 Å². The average molecular weight is 210 g/mol. The second kappa shape index (κ2) is 4.68. The highest BCUT2D eigenvalue weighted by molar-refractivity contribution is 8.93. The molecule has 0 bridgehead atoms. The molecule has 3 nitrogen and oxygen atoms in total. The van der Waals surface area contributed by atoms with Crippen molar-refractivity contribution in [1.29, 1.82) is 0 Å². The highest BCUT2D eigenvalue weighted by atomic mass is 79.9. The van der Waals surface area contributed by atoms with Gasteiger partial charge in [-0.25, -0.2) is 0 Å². The summed E-state index contributed by atoms with van der Waals surface area (Å²) >= 11 is 0. The van der Waals surface area contributed by atoms with Crippen molar-refractivity contribution in [3.8, 4) is 0 Å². The van der Waals surface area contributed by atoms with Gasteiger partial charge in [0.05, 0.1) is 5.92 Å². The number of hydrogen-bond acceptors (Lipinski definition) is 2. The van der Waals surface area contributed by atoms with Gasteiger partial charge in [0.15, 0.2) is 0 Å². The Kier molecular flexibility index (Phi) is 4.64. The molecule has 60 valence electrons. The molecule has 1 fully saturated rings. The van der Waals surface area contributed by atoms with Crippen LogP contribution in [0.2, 0.25) is 0 Å². The normalized spacial score (nSPS) is 19.6. The predicted octanol–water partition coefficient (Wildman–Crippen LogP) is 0.649. The number of carboxylic acids is 1. The Hall–Kier alpha value is -0.0900. The molecule has 4 heteroatoms. The van der Waals surface area contributed by atoms with Crippen molar-refractivity contribution in [3.63, 3.8) is 0 Å². The smallest absolute Gasteiger partial charge is 0.306 e. The molecule has 1 rings (SSSR count). The van der Waals surface area contributed by atoms with Gasteiger partial charge in [-0.05, 0) is 25.9 Å². The predicted molar refractivity (Wildman–Crippen MR) is 43.6 cm³/mol. The molecule has 0 aromatic heterocycles. The van der Waals surface area contributed by atoms with Gasteiger partial charge >= 0.3 is 5.97 Å². The second-order valence-electron chi connectivity index (χ2n) is 2.36. The summed E-state index contributed by atoms with van der Waals surface area (Å²) in [5, 5.41) is 11.6. The van der Waals surface area contributed by atoms with Crippen molar-refractivity contribution in [3.05, 3.63) is 0 Å². The summed E-state index contributed by atoms with van der Waals surface area (Å²) in [5.74, 6) is -0.734. The van der Waals surface area contributed by atoms with Crippen molar-refractivity contribution in [2.45, 2.75) is 12.8 Å². The van der Waals surface area contributed by atoms with Crippen molar-refractivity contribution in [1.82, 2.24) is 5.32 Å². The van der Waals surface area contributed by atoms with E-state index in [0.29, 0.717) is 0 Å². The van der Waals surface area contributed by atoms with Crippen LogP contribution in [0.4, 0.5) is 0 Å². The molecule has 1 aliphatic rings. The molecule has 0 aromatic rings. The fourth-order valence-electron chi connectivity index (χ4n) is 1.07. The molecule has 0 aromatic carbocycles. The minimum absolute atomic E-state index is 0. The lowest BCUT2D eigenvalue weighted by Crippen LogP contribution is -2.31. The van der Waals surface area contributed by atoms with Crippen molar-refractivity contribution >= 4 is 23.0 Å². The van der Waals surface area contributed by atoms with Crippen LogP contribution in [0.3, 0.4) is 0 Å². The van der Waals surface area contributed by atoms with Gasteiger partial charge < -0.3 is 10.4 Å². The summed E-state index contributed by atoms with van der Waals surface area (Å²) in [6.45, 7) is 1.72. The first kappa shape index (κ1) is 9.91. The van der Waals surface area contributed by atoms with E-state index in [2.05, 4.69) is 5.32 Å². The van der Waals surface area contributed by atoms with Gasteiger partial charge in [0.2, 0.25) is 0 Å². The zero-order valence-electron chi connectivity index (χ0n) is 5.67. The van der Waals surface area contributed by atoms with E-state index in [1.807, 2.05) is 0 Å². The number of aliphatic carboxylic acids is 1. The summed E-state index contributed by atoms with van der Waals surface area (Å²) in [6.07, 6.45) is 1.57. The second-order valence-corrected chi connectivity index (χ2v) is 2.36. The monoisotopic (exact) mass is 209 g/mol. The van der Waals surface area contributed by atoms with E-state index in [9.17, 15) is 4.79 Å². The molecule has 0 unspecified atom stereocenters. The van der Waals surface area contributed by atoms with Gasteiger partial charge in [0.1, 0.15) is 0 Å². The van der Waals surface area contributed by atoms with E-state index in [-0.39, 0.29) is 22.9 Å². The highest BCUT2D eigenvalue weighted by Gasteiger charge is 2.18. The summed E-state index contributed by atoms with van der Waals surface area (Å²) < 4.78 is 0. The van der Waals surface area contributed by atoms with Gasteiger partial charge in [-0.15, -0.1) is 17.0 Å². The SMILES string of the molecule is Br.O=C(O)C1CCNCC1. The Morgan fingerprint density at radius 3 is 2.20 bits per heavy atom. The Morgan fingerprint density at radius 1 is 1.40 bits per heavy atom. The first-order valence-electron chi connectivity index (χ1n) is 3.24. The molecular formula is C6H12BrNO2. The van der Waals surface area contributed by atoms with E-state index >= 15 is 0 Å². The zero-order chi connectivity index (χ0) is 6.69. The van der Waals surface area contributed by atoms with E-state index < -0.39 is 5.97 Å². The summed E-state index contributed by atoms with van der Waals surface area (Å²) in [5.41, 5.74) is 0. The van der Waals surface area contributed by atoms with Crippen molar-refractivity contribution in [2.24, 2.45) is 5.92 Å². The average Bonchev–Trinajstić information content (AvgIpc) is 1.90. The quantitative estimate of drug-likeness (QED) is 0.667. The fraction of sp³-hybridized carbons (Fsp3) is 0.833. The van der Waals surface area contributed by atoms with Crippen LogP contribution in [0, 0.1) is 5.92 Å².